The molecule has 1 N–H and O–H groups in total. The molecule has 0 rings (SSSR count). The molecule has 0 unspecified atom stereocenters. The van der Waals surface area contributed by atoms with Crippen molar-refractivity contribution in [1.82, 2.24) is 5.32 Å². The molecule has 0 fully saturated rings. The molecule has 0 saturated heterocycles. The van der Waals surface area contributed by atoms with Crippen molar-refractivity contribution in [2.45, 2.75) is 13.3 Å². The Morgan fingerprint density at radius 2 is 2.08 bits per heavy atom. The van der Waals surface area contributed by atoms with Gasteiger partial charge in [0, 0.05) is 0 Å². The SMILES string of the molecule is CCOC(=O)C(=O)NCC(F)F. The summed E-state index contributed by atoms with van der Waals surface area (Å²) in [6, 6.07) is 0. The highest BCUT2D eigenvalue weighted by molar-refractivity contribution is 6.32. The number of halogens is 2. The van der Waals surface area contributed by atoms with Gasteiger partial charge in [-0.25, -0.2) is 13.6 Å². The second-order valence-electron chi connectivity index (χ2n) is 1.82. The van der Waals surface area contributed by atoms with Gasteiger partial charge in [-0.15, -0.1) is 0 Å². The lowest BCUT2D eigenvalue weighted by Crippen LogP contribution is -2.35. The first kappa shape index (κ1) is 10.8. The van der Waals surface area contributed by atoms with Crippen molar-refractivity contribution in [3.8, 4) is 0 Å². The van der Waals surface area contributed by atoms with E-state index >= 15 is 0 Å². The van der Waals surface area contributed by atoms with E-state index < -0.39 is 24.8 Å². The summed E-state index contributed by atoms with van der Waals surface area (Å²) in [5.74, 6) is -2.28. The molecule has 0 aromatic heterocycles. The maximum absolute atomic E-state index is 11.5. The third-order valence-corrected chi connectivity index (χ3v) is 0.878. The van der Waals surface area contributed by atoms with E-state index in [1.807, 2.05) is 0 Å². The molecular weight excluding hydrogens is 172 g/mol. The zero-order chi connectivity index (χ0) is 9.56. The first-order valence-electron chi connectivity index (χ1n) is 3.31. The molecule has 0 aliphatic carbocycles. The van der Waals surface area contributed by atoms with Gasteiger partial charge in [0.15, 0.2) is 0 Å². The van der Waals surface area contributed by atoms with Crippen LogP contribution in [0.2, 0.25) is 0 Å². The minimum absolute atomic E-state index is 0.0426. The molecule has 70 valence electrons. The molecule has 0 atom stereocenters. The van der Waals surface area contributed by atoms with E-state index in [-0.39, 0.29) is 6.61 Å². The number of esters is 1. The Morgan fingerprint density at radius 1 is 1.50 bits per heavy atom. The maximum atomic E-state index is 11.5. The number of amides is 1. The van der Waals surface area contributed by atoms with Crippen LogP contribution in [0.5, 0.6) is 0 Å². The van der Waals surface area contributed by atoms with Gasteiger partial charge >= 0.3 is 11.9 Å². The van der Waals surface area contributed by atoms with Crippen LogP contribution < -0.4 is 5.32 Å². The summed E-state index contributed by atoms with van der Waals surface area (Å²) in [5.41, 5.74) is 0. The van der Waals surface area contributed by atoms with Crippen molar-refractivity contribution in [3.05, 3.63) is 0 Å². The largest absolute Gasteiger partial charge is 0.459 e. The Balaban J connectivity index is 3.65. The van der Waals surface area contributed by atoms with E-state index in [0.29, 0.717) is 0 Å². The van der Waals surface area contributed by atoms with Crippen LogP contribution in [0.1, 0.15) is 6.92 Å². The van der Waals surface area contributed by atoms with Crippen LogP contribution in [-0.2, 0) is 14.3 Å². The van der Waals surface area contributed by atoms with Crippen LogP contribution in [0, 0.1) is 0 Å². The summed E-state index contributed by atoms with van der Waals surface area (Å²) >= 11 is 0. The van der Waals surface area contributed by atoms with Gasteiger partial charge in [-0.2, -0.15) is 0 Å². The molecule has 0 saturated carbocycles. The number of hydrogen-bond acceptors (Lipinski definition) is 3. The van der Waals surface area contributed by atoms with Crippen molar-refractivity contribution in [2.75, 3.05) is 13.2 Å². The van der Waals surface area contributed by atoms with Gasteiger partial charge in [0.05, 0.1) is 13.2 Å². The smallest absolute Gasteiger partial charge is 0.396 e. The van der Waals surface area contributed by atoms with Crippen molar-refractivity contribution >= 4 is 11.9 Å². The number of alkyl halides is 2. The van der Waals surface area contributed by atoms with E-state index in [2.05, 4.69) is 4.74 Å². The summed E-state index contributed by atoms with van der Waals surface area (Å²) in [4.78, 5) is 21.0. The van der Waals surface area contributed by atoms with Gasteiger partial charge in [-0.05, 0) is 6.92 Å². The van der Waals surface area contributed by atoms with E-state index in [1.165, 1.54) is 6.92 Å². The quantitative estimate of drug-likeness (QED) is 0.489. The van der Waals surface area contributed by atoms with Crippen LogP contribution in [-0.4, -0.2) is 31.5 Å². The molecule has 0 spiro atoms. The monoisotopic (exact) mass is 181 g/mol. The Morgan fingerprint density at radius 3 is 2.50 bits per heavy atom. The lowest BCUT2D eigenvalue weighted by molar-refractivity contribution is -0.154. The second-order valence-corrected chi connectivity index (χ2v) is 1.82. The minimum Gasteiger partial charge on any atom is -0.459 e. The molecule has 0 heterocycles. The Labute approximate surface area is 67.9 Å². The second kappa shape index (κ2) is 5.45. The Bertz CT molecular complexity index is 172. The number of carbonyl (C=O) groups is 2. The fourth-order valence-corrected chi connectivity index (χ4v) is 0.439. The van der Waals surface area contributed by atoms with Gasteiger partial charge in [-0.1, -0.05) is 0 Å². The highest BCUT2D eigenvalue weighted by atomic mass is 19.3. The molecule has 12 heavy (non-hydrogen) atoms. The average Bonchev–Trinajstić information content (AvgIpc) is 2.00. The highest BCUT2D eigenvalue weighted by Gasteiger charge is 2.15. The zero-order valence-corrected chi connectivity index (χ0v) is 6.47. The van der Waals surface area contributed by atoms with Crippen molar-refractivity contribution in [1.29, 1.82) is 0 Å². The van der Waals surface area contributed by atoms with Crippen molar-refractivity contribution < 1.29 is 23.1 Å². The van der Waals surface area contributed by atoms with E-state index in [9.17, 15) is 18.4 Å². The average molecular weight is 181 g/mol. The van der Waals surface area contributed by atoms with E-state index in [0.717, 1.165) is 0 Å². The molecule has 4 nitrogen and oxygen atoms in total. The molecule has 1 amide bonds. The summed E-state index contributed by atoms with van der Waals surface area (Å²) in [5, 5.41) is 1.70. The van der Waals surface area contributed by atoms with Gasteiger partial charge in [0.2, 0.25) is 0 Å². The van der Waals surface area contributed by atoms with Gasteiger partial charge < -0.3 is 10.1 Å². The number of nitrogens with one attached hydrogen (secondary N) is 1. The third kappa shape index (κ3) is 4.59. The van der Waals surface area contributed by atoms with E-state index in [4.69, 9.17) is 0 Å². The van der Waals surface area contributed by atoms with Crippen LogP contribution in [0.3, 0.4) is 0 Å². The molecule has 0 aromatic rings. The van der Waals surface area contributed by atoms with Crippen molar-refractivity contribution in [2.24, 2.45) is 0 Å². The summed E-state index contributed by atoms with van der Waals surface area (Å²) in [7, 11) is 0. The third-order valence-electron chi connectivity index (χ3n) is 0.878. The lowest BCUT2D eigenvalue weighted by Gasteiger charge is -2.02. The molecule has 6 heteroatoms. The van der Waals surface area contributed by atoms with Crippen LogP contribution in [0.4, 0.5) is 8.78 Å². The van der Waals surface area contributed by atoms with Gasteiger partial charge in [0.1, 0.15) is 0 Å². The first-order valence-corrected chi connectivity index (χ1v) is 3.31. The fraction of sp³-hybridized carbons (Fsp3) is 0.667. The fourth-order valence-electron chi connectivity index (χ4n) is 0.439. The van der Waals surface area contributed by atoms with Crippen molar-refractivity contribution in [3.63, 3.8) is 0 Å². The molecule has 0 radical (unpaired) electrons. The van der Waals surface area contributed by atoms with Crippen LogP contribution in [0.15, 0.2) is 0 Å². The van der Waals surface area contributed by atoms with Crippen LogP contribution in [0.25, 0.3) is 0 Å². The standard InChI is InChI=1S/C6H9F2NO3/c1-2-12-6(11)5(10)9-3-4(7)8/h4H,2-3H2,1H3,(H,9,10). The number of carbonyl (C=O) groups excluding carboxylic acids is 2. The zero-order valence-electron chi connectivity index (χ0n) is 6.47. The number of ether oxygens (including phenoxy) is 1. The van der Waals surface area contributed by atoms with Crippen LogP contribution >= 0.6 is 0 Å². The predicted molar refractivity (Wildman–Crippen MR) is 35.6 cm³/mol. The number of rotatable bonds is 3. The lowest BCUT2D eigenvalue weighted by atomic mass is 10.5. The highest BCUT2D eigenvalue weighted by Crippen LogP contribution is 1.88. The molecule has 0 aliphatic heterocycles. The predicted octanol–water partition coefficient (Wildman–Crippen LogP) is -0.0692. The first-order chi connectivity index (χ1) is 5.57. The minimum atomic E-state index is -2.66. The maximum Gasteiger partial charge on any atom is 0.396 e. The molecule has 0 bridgehead atoms. The van der Waals surface area contributed by atoms with Gasteiger partial charge in [0.25, 0.3) is 6.43 Å². The molecule has 0 aliphatic rings. The Hall–Kier alpha value is -1.20. The van der Waals surface area contributed by atoms with E-state index in [1.54, 1.807) is 5.32 Å². The molecular formula is C6H9F2NO3. The van der Waals surface area contributed by atoms with Gasteiger partial charge in [-0.3, -0.25) is 4.79 Å². The Kier molecular flexibility index (Phi) is 4.91. The number of hydrogen-bond donors (Lipinski definition) is 1. The normalized spacial score (nSPS) is 9.67. The summed E-state index contributed by atoms with van der Waals surface area (Å²) < 4.78 is 27.2. The topological polar surface area (TPSA) is 55.4 Å². The summed E-state index contributed by atoms with van der Waals surface area (Å²) in [6.45, 7) is 0.719. The molecule has 0 aromatic carbocycles. The summed E-state index contributed by atoms with van der Waals surface area (Å²) in [6.07, 6.45) is -2.66.